The minimum absolute atomic E-state index is 0.130. The van der Waals surface area contributed by atoms with Crippen LogP contribution in [0.2, 0.25) is 0 Å². The van der Waals surface area contributed by atoms with Crippen LogP contribution >= 0.6 is 0 Å². The molecule has 4 rings (SSSR count). The van der Waals surface area contributed by atoms with Gasteiger partial charge in [-0.1, -0.05) is 222 Å². The summed E-state index contributed by atoms with van der Waals surface area (Å²) >= 11 is 0. The maximum absolute atomic E-state index is 12.7. The minimum Gasteiger partial charge on any atom is -0.508 e. The molecule has 0 amide bonds. The van der Waals surface area contributed by atoms with Gasteiger partial charge in [0.2, 0.25) is 0 Å². The monoisotopic (exact) mass is 1060 g/mol. The molecular weight excluding hydrogens is 929 g/mol. The van der Waals surface area contributed by atoms with Crippen molar-refractivity contribution < 1.29 is 19.3 Å². The Balaban J connectivity index is 1.97. The molecule has 4 nitrogen and oxygen atoms in total. The third kappa shape index (κ3) is 17.2. The quantitative estimate of drug-likeness (QED) is 0.0714. The summed E-state index contributed by atoms with van der Waals surface area (Å²) in [5, 5.41) is 12.7. The lowest BCUT2D eigenvalue weighted by Gasteiger charge is -2.57. The highest BCUT2D eigenvalue weighted by atomic mass is 16.5. The molecule has 1 aromatic carbocycles. The van der Waals surface area contributed by atoms with E-state index < -0.39 is 16.8 Å². The zero-order valence-corrected chi connectivity index (χ0v) is 54.0. The van der Waals surface area contributed by atoms with E-state index in [1.165, 1.54) is 236 Å². The topological polar surface area (TPSA) is 47.9 Å². The van der Waals surface area contributed by atoms with Gasteiger partial charge in [0, 0.05) is 24.8 Å². The number of hydrogen-bond donors (Lipinski definition) is 1. The Kier molecular flexibility index (Phi) is 27.8. The van der Waals surface area contributed by atoms with E-state index in [1.807, 2.05) is 0 Å². The van der Waals surface area contributed by atoms with Crippen molar-refractivity contribution >= 4 is 0 Å². The Labute approximate surface area is 475 Å². The van der Waals surface area contributed by atoms with Crippen molar-refractivity contribution in [3.05, 3.63) is 28.8 Å². The van der Waals surface area contributed by atoms with Crippen LogP contribution < -0.4 is 0 Å². The van der Waals surface area contributed by atoms with Crippen LogP contribution in [-0.4, -0.2) is 38.7 Å². The number of ether oxygens (including phenoxy) is 3. The minimum atomic E-state index is -0.498. The molecule has 3 unspecified atom stereocenters. The van der Waals surface area contributed by atoms with Crippen molar-refractivity contribution in [1.29, 1.82) is 0 Å². The summed E-state index contributed by atoms with van der Waals surface area (Å²) in [6.45, 7) is 36.0. The molecule has 4 heteroatoms. The maximum atomic E-state index is 12.7. The van der Waals surface area contributed by atoms with Crippen molar-refractivity contribution in [3.8, 4) is 5.75 Å². The fourth-order valence-corrected chi connectivity index (χ4v) is 17.2. The van der Waals surface area contributed by atoms with Crippen LogP contribution in [0, 0.1) is 16.2 Å². The van der Waals surface area contributed by atoms with Gasteiger partial charge in [0.1, 0.15) is 5.75 Å². The summed E-state index contributed by atoms with van der Waals surface area (Å²) in [5.74, 6) is 0.433. The van der Waals surface area contributed by atoms with E-state index >= 15 is 0 Å². The molecule has 0 saturated heterocycles. The van der Waals surface area contributed by atoms with Gasteiger partial charge < -0.3 is 19.3 Å². The highest BCUT2D eigenvalue weighted by Gasteiger charge is 2.57. The number of aromatic hydroxyl groups is 1. The van der Waals surface area contributed by atoms with E-state index in [9.17, 15) is 5.11 Å². The van der Waals surface area contributed by atoms with Gasteiger partial charge in [-0.05, 0) is 171 Å². The number of rotatable bonds is 39. The molecule has 0 spiro atoms. The van der Waals surface area contributed by atoms with Gasteiger partial charge in [-0.2, -0.15) is 0 Å². The third-order valence-electron chi connectivity index (χ3n) is 21.0. The van der Waals surface area contributed by atoms with Gasteiger partial charge >= 0.3 is 0 Å². The smallest absolute Gasteiger partial charge is 0.119 e. The summed E-state index contributed by atoms with van der Waals surface area (Å²) in [7, 11) is 0. The van der Waals surface area contributed by atoms with Crippen molar-refractivity contribution in [2.24, 2.45) is 16.2 Å². The molecule has 3 aliphatic carbocycles. The Morgan fingerprint density at radius 2 is 0.592 bits per heavy atom. The Morgan fingerprint density at radius 1 is 0.342 bits per heavy atom. The molecular formula is C72H132O4. The van der Waals surface area contributed by atoms with Crippen LogP contribution in [0.4, 0.5) is 0 Å². The first-order chi connectivity index (χ1) is 36.2. The predicted octanol–water partition coefficient (Wildman–Crippen LogP) is 23.0. The number of phenols is 1. The largest absolute Gasteiger partial charge is 0.508 e. The summed E-state index contributed by atoms with van der Waals surface area (Å²) < 4.78 is 24.5. The second-order valence-electron chi connectivity index (χ2n) is 28.7. The molecule has 76 heavy (non-hydrogen) atoms. The van der Waals surface area contributed by atoms with Gasteiger partial charge in [0.25, 0.3) is 0 Å². The number of hydrogen-bond acceptors (Lipinski definition) is 4. The molecule has 0 bridgehead atoms. The van der Waals surface area contributed by atoms with E-state index in [0.29, 0.717) is 12.2 Å². The van der Waals surface area contributed by atoms with Crippen molar-refractivity contribution in [2.75, 3.05) is 0 Å². The van der Waals surface area contributed by atoms with E-state index in [1.54, 1.807) is 0 Å². The number of phenolic OH excluding ortho intramolecular Hbond substituents is 1. The Hall–Kier alpha value is -1.10. The standard InChI is InChI=1S/C72H132O4/c1-16-25-42-67(43-26-17-2)48-34-37-54-70(67,51-31-22-7)74-64(10,11)57-60-40-41-63(73)62(59-66(14,15)76-72(53-33-24-9)56-39-36-50-69(72,46-29-20-5)47-30-21-6)61(60)58-65(12,13)75-71(52-32-23-8)55-38-35-49-68(71,44-27-18-3)45-28-19-4/h40-41,73H,16-39,42-59H2,1-15H3. The Morgan fingerprint density at radius 3 is 0.882 bits per heavy atom. The zero-order chi connectivity index (χ0) is 56.0. The van der Waals surface area contributed by atoms with Gasteiger partial charge in [-0.3, -0.25) is 0 Å². The lowest BCUT2D eigenvalue weighted by Crippen LogP contribution is -2.57. The van der Waals surface area contributed by atoms with Gasteiger partial charge in [-0.15, -0.1) is 0 Å². The average molecular weight is 1060 g/mol. The van der Waals surface area contributed by atoms with Gasteiger partial charge in [-0.25, -0.2) is 0 Å². The fraction of sp³-hybridized carbons (Fsp3) is 0.917. The van der Waals surface area contributed by atoms with E-state index in [2.05, 4.69) is 116 Å². The summed E-state index contributed by atoms with van der Waals surface area (Å²) in [6.07, 6.45) is 50.9. The van der Waals surface area contributed by atoms with E-state index in [-0.39, 0.29) is 33.0 Å². The zero-order valence-electron chi connectivity index (χ0n) is 54.0. The van der Waals surface area contributed by atoms with Crippen LogP contribution in [-0.2, 0) is 33.5 Å². The molecule has 3 fully saturated rings. The number of benzene rings is 1. The maximum Gasteiger partial charge on any atom is 0.119 e. The molecule has 3 saturated carbocycles. The predicted molar refractivity (Wildman–Crippen MR) is 331 cm³/mol. The van der Waals surface area contributed by atoms with Crippen LogP contribution in [0.1, 0.15) is 371 Å². The fourth-order valence-electron chi connectivity index (χ4n) is 17.2. The van der Waals surface area contributed by atoms with Crippen molar-refractivity contribution in [1.82, 2.24) is 0 Å². The molecule has 3 aliphatic rings. The van der Waals surface area contributed by atoms with Gasteiger partial charge in [0.15, 0.2) is 0 Å². The Bertz CT molecular complexity index is 1730. The first kappa shape index (κ1) is 67.4. The molecule has 0 heterocycles. The number of unbranched alkanes of at least 4 members (excludes halogenated alkanes) is 9. The lowest BCUT2D eigenvalue weighted by molar-refractivity contribution is -0.230. The summed E-state index contributed by atoms with van der Waals surface area (Å²) in [6, 6.07) is 4.38. The molecule has 444 valence electrons. The molecule has 3 atom stereocenters. The van der Waals surface area contributed by atoms with E-state index in [0.717, 1.165) is 44.1 Å². The first-order valence-corrected chi connectivity index (χ1v) is 34.1. The second kappa shape index (κ2) is 31.4. The molecule has 0 aliphatic heterocycles. The highest BCUT2D eigenvalue weighted by molar-refractivity contribution is 5.47. The first-order valence-electron chi connectivity index (χ1n) is 34.1. The van der Waals surface area contributed by atoms with Crippen LogP contribution in [0.3, 0.4) is 0 Å². The van der Waals surface area contributed by atoms with Crippen molar-refractivity contribution in [3.63, 3.8) is 0 Å². The van der Waals surface area contributed by atoms with Crippen LogP contribution in [0.25, 0.3) is 0 Å². The van der Waals surface area contributed by atoms with Crippen LogP contribution in [0.5, 0.6) is 5.75 Å². The van der Waals surface area contributed by atoms with Crippen LogP contribution in [0.15, 0.2) is 12.1 Å². The summed E-state index contributed by atoms with van der Waals surface area (Å²) in [5.41, 5.74) is 2.51. The van der Waals surface area contributed by atoms with Gasteiger partial charge in [0.05, 0.1) is 33.6 Å². The lowest BCUT2D eigenvalue weighted by atomic mass is 9.56. The molecule has 1 N–H and O–H groups in total. The molecule has 1 aromatic rings. The van der Waals surface area contributed by atoms with Crippen molar-refractivity contribution in [2.45, 2.75) is 407 Å². The average Bonchev–Trinajstić information content (AvgIpc) is 3.38. The molecule has 0 aromatic heterocycles. The van der Waals surface area contributed by atoms with E-state index in [4.69, 9.17) is 14.2 Å². The third-order valence-corrected chi connectivity index (χ3v) is 21.0. The summed E-state index contributed by atoms with van der Waals surface area (Å²) in [4.78, 5) is 0. The second-order valence-corrected chi connectivity index (χ2v) is 28.7. The SMILES string of the molecule is CCCCC1(CCCC)CCCCC1(CCCC)OC(C)(C)Cc1ccc(O)c(CC(C)(C)OC2(CCCC)CCCCC2(CCCC)CCCC)c1CC(C)(C)OC1(CCCC)CCCCC1(CCCC)CCCC. The normalized spacial score (nSPS) is 24.0. The highest BCUT2D eigenvalue weighted by Crippen LogP contribution is 2.60. The molecule has 0 radical (unpaired) electrons.